The summed E-state index contributed by atoms with van der Waals surface area (Å²) in [6.07, 6.45) is 1.02. The molecule has 0 aromatic carbocycles. The maximum Gasteiger partial charge on any atom is 0.255 e. The predicted molar refractivity (Wildman–Crippen MR) is 107 cm³/mol. The molecule has 0 unspecified atom stereocenters. The summed E-state index contributed by atoms with van der Waals surface area (Å²) in [6, 6.07) is 2.16. The normalized spacial score (nSPS) is 23.9. The molecule has 6 nitrogen and oxygen atoms in total. The molecular formula is C18H23BrN4O2S. The summed E-state index contributed by atoms with van der Waals surface area (Å²) in [5.41, 5.74) is 1.76. The third-order valence-corrected chi connectivity index (χ3v) is 6.54. The third-order valence-electron chi connectivity index (χ3n) is 4.86. The number of nitrogens with zero attached hydrogens (tertiary/aromatic N) is 3. The maximum absolute atomic E-state index is 12.6. The van der Waals surface area contributed by atoms with Gasteiger partial charge in [0.2, 0.25) is 5.95 Å². The predicted octanol–water partition coefficient (Wildman–Crippen LogP) is 2.77. The van der Waals surface area contributed by atoms with Crippen LogP contribution in [0.5, 0.6) is 0 Å². The Balaban J connectivity index is 1.55. The Kier molecular flexibility index (Phi) is 5.18. The van der Waals surface area contributed by atoms with Crippen LogP contribution in [0.15, 0.2) is 20.7 Å². The largest absolute Gasteiger partial charge is 0.372 e. The summed E-state index contributed by atoms with van der Waals surface area (Å²) >= 11 is 5.27. The van der Waals surface area contributed by atoms with Gasteiger partial charge in [-0.15, -0.1) is 11.3 Å². The highest BCUT2D eigenvalue weighted by atomic mass is 79.9. The SMILES string of the molecule is C[C@@H]1CN(c2nc3c(c(=O)[nH]2)CCN(Cc2cc(Br)cs2)C3)C[C@@H](C)O1. The maximum atomic E-state index is 12.6. The zero-order valence-corrected chi connectivity index (χ0v) is 17.4. The fraction of sp³-hybridized carbons (Fsp3) is 0.556. The van der Waals surface area contributed by atoms with E-state index in [-0.39, 0.29) is 17.8 Å². The van der Waals surface area contributed by atoms with Crippen LogP contribution in [0.4, 0.5) is 5.95 Å². The van der Waals surface area contributed by atoms with Gasteiger partial charge >= 0.3 is 0 Å². The van der Waals surface area contributed by atoms with Crippen molar-refractivity contribution in [3.05, 3.63) is 42.4 Å². The number of hydrogen-bond donors (Lipinski definition) is 1. The van der Waals surface area contributed by atoms with E-state index in [0.717, 1.165) is 54.9 Å². The van der Waals surface area contributed by atoms with Crippen LogP contribution in [-0.4, -0.2) is 46.7 Å². The number of thiophene rings is 1. The minimum Gasteiger partial charge on any atom is -0.372 e. The van der Waals surface area contributed by atoms with Gasteiger partial charge in [0.25, 0.3) is 5.56 Å². The Morgan fingerprint density at radius 3 is 2.85 bits per heavy atom. The Labute approximate surface area is 165 Å². The zero-order valence-electron chi connectivity index (χ0n) is 15.0. The molecule has 2 aromatic rings. The molecule has 2 aliphatic heterocycles. The summed E-state index contributed by atoms with van der Waals surface area (Å²) < 4.78 is 6.92. The molecule has 0 radical (unpaired) electrons. The van der Waals surface area contributed by atoms with Crippen LogP contribution in [0.2, 0.25) is 0 Å². The second-order valence-corrected chi connectivity index (χ2v) is 9.08. The quantitative estimate of drug-likeness (QED) is 0.797. The first-order valence-electron chi connectivity index (χ1n) is 8.95. The van der Waals surface area contributed by atoms with Gasteiger partial charge in [-0.25, -0.2) is 4.98 Å². The van der Waals surface area contributed by atoms with Crippen molar-refractivity contribution in [3.63, 3.8) is 0 Å². The van der Waals surface area contributed by atoms with Gasteiger partial charge < -0.3 is 9.64 Å². The number of aromatic amines is 1. The average molecular weight is 439 g/mol. The van der Waals surface area contributed by atoms with E-state index >= 15 is 0 Å². The van der Waals surface area contributed by atoms with Gasteiger partial charge in [0.1, 0.15) is 0 Å². The van der Waals surface area contributed by atoms with Crippen LogP contribution in [0.3, 0.4) is 0 Å². The van der Waals surface area contributed by atoms with Crippen LogP contribution in [0.25, 0.3) is 0 Å². The lowest BCUT2D eigenvalue weighted by molar-refractivity contribution is -0.00576. The van der Waals surface area contributed by atoms with Crippen molar-refractivity contribution < 1.29 is 4.74 Å². The van der Waals surface area contributed by atoms with Crippen LogP contribution in [0, 0.1) is 0 Å². The first kappa shape index (κ1) is 18.2. The van der Waals surface area contributed by atoms with Gasteiger partial charge in [-0.05, 0) is 42.3 Å². The lowest BCUT2D eigenvalue weighted by Crippen LogP contribution is -2.47. The Hall–Kier alpha value is -1.22. The zero-order chi connectivity index (χ0) is 18.3. The topological polar surface area (TPSA) is 61.5 Å². The average Bonchev–Trinajstić information content (AvgIpc) is 2.98. The summed E-state index contributed by atoms with van der Waals surface area (Å²) in [4.78, 5) is 26.2. The number of ether oxygens (including phenoxy) is 1. The standard InChI is InChI=1S/C18H23BrN4O2S/c1-11-6-23(7-12(2)25-11)18-20-16-9-22(4-3-15(16)17(24)21-18)8-14-5-13(19)10-26-14/h5,10-12H,3-4,6-9H2,1-2H3,(H,20,21,24)/t11-,12-/m1/s1. The van der Waals surface area contributed by atoms with Crippen molar-refractivity contribution in [2.75, 3.05) is 24.5 Å². The lowest BCUT2D eigenvalue weighted by atomic mass is 10.1. The van der Waals surface area contributed by atoms with E-state index in [0.29, 0.717) is 5.95 Å². The van der Waals surface area contributed by atoms with Crippen molar-refractivity contribution >= 4 is 33.2 Å². The molecule has 0 bridgehead atoms. The first-order valence-corrected chi connectivity index (χ1v) is 10.6. The minimum atomic E-state index is 0.00955. The van der Waals surface area contributed by atoms with Crippen molar-refractivity contribution in [3.8, 4) is 0 Å². The highest BCUT2D eigenvalue weighted by Gasteiger charge is 2.27. The molecule has 0 saturated carbocycles. The molecule has 0 aliphatic carbocycles. The van der Waals surface area contributed by atoms with Crippen molar-refractivity contribution in [1.82, 2.24) is 14.9 Å². The molecule has 1 fully saturated rings. The van der Waals surface area contributed by atoms with Gasteiger partial charge in [0.15, 0.2) is 0 Å². The second-order valence-electron chi connectivity index (χ2n) is 7.17. The fourth-order valence-electron chi connectivity index (χ4n) is 3.77. The van der Waals surface area contributed by atoms with E-state index in [1.54, 1.807) is 11.3 Å². The van der Waals surface area contributed by atoms with Crippen LogP contribution in [0.1, 0.15) is 30.0 Å². The minimum absolute atomic E-state index is 0.00955. The fourth-order valence-corrected chi connectivity index (χ4v) is 5.27. The highest BCUT2D eigenvalue weighted by molar-refractivity contribution is 9.10. The number of halogens is 1. The molecule has 4 rings (SSSR count). The number of rotatable bonds is 3. The molecule has 2 atom stereocenters. The molecule has 0 spiro atoms. The summed E-state index contributed by atoms with van der Waals surface area (Å²) in [5.74, 6) is 0.677. The monoisotopic (exact) mass is 438 g/mol. The van der Waals surface area contributed by atoms with Crippen LogP contribution < -0.4 is 10.5 Å². The van der Waals surface area contributed by atoms with E-state index in [9.17, 15) is 4.79 Å². The molecule has 1 saturated heterocycles. The second kappa shape index (κ2) is 7.42. The number of H-pyrrole nitrogens is 1. The smallest absolute Gasteiger partial charge is 0.255 e. The highest BCUT2D eigenvalue weighted by Crippen LogP contribution is 2.24. The number of anilines is 1. The number of aromatic nitrogens is 2. The molecular weight excluding hydrogens is 416 g/mol. The van der Waals surface area contributed by atoms with Gasteiger partial charge in [0, 0.05) is 53.0 Å². The molecule has 0 amide bonds. The summed E-state index contributed by atoms with van der Waals surface area (Å²) in [6.45, 7) is 8.11. The molecule has 4 heterocycles. The Morgan fingerprint density at radius 1 is 1.38 bits per heavy atom. The molecule has 2 aromatic heterocycles. The van der Waals surface area contributed by atoms with Gasteiger partial charge in [0.05, 0.1) is 17.9 Å². The Morgan fingerprint density at radius 2 is 2.15 bits per heavy atom. The summed E-state index contributed by atoms with van der Waals surface area (Å²) in [5, 5.41) is 2.11. The van der Waals surface area contributed by atoms with E-state index in [4.69, 9.17) is 9.72 Å². The van der Waals surface area contributed by atoms with E-state index in [1.807, 2.05) is 0 Å². The van der Waals surface area contributed by atoms with Crippen molar-refractivity contribution in [2.24, 2.45) is 0 Å². The van der Waals surface area contributed by atoms with Gasteiger partial charge in [-0.2, -0.15) is 0 Å². The number of fused-ring (bicyclic) bond motifs is 1. The van der Waals surface area contributed by atoms with E-state index in [2.05, 4.69) is 56.0 Å². The number of nitrogens with one attached hydrogen (secondary N) is 1. The van der Waals surface area contributed by atoms with Crippen molar-refractivity contribution in [1.29, 1.82) is 0 Å². The van der Waals surface area contributed by atoms with E-state index in [1.165, 1.54) is 4.88 Å². The number of morpholine rings is 1. The first-order chi connectivity index (χ1) is 12.5. The molecule has 140 valence electrons. The van der Waals surface area contributed by atoms with Gasteiger partial charge in [-0.3, -0.25) is 14.7 Å². The molecule has 1 N–H and O–H groups in total. The third kappa shape index (κ3) is 3.88. The number of hydrogen-bond acceptors (Lipinski definition) is 6. The molecule has 8 heteroatoms. The van der Waals surface area contributed by atoms with E-state index < -0.39 is 0 Å². The summed E-state index contributed by atoms with van der Waals surface area (Å²) in [7, 11) is 0. The van der Waals surface area contributed by atoms with Crippen LogP contribution >= 0.6 is 27.3 Å². The van der Waals surface area contributed by atoms with Gasteiger partial charge in [-0.1, -0.05) is 0 Å². The van der Waals surface area contributed by atoms with Crippen LogP contribution in [-0.2, 0) is 24.2 Å². The molecule has 2 aliphatic rings. The Bertz CT molecular complexity index is 842. The molecule has 26 heavy (non-hydrogen) atoms. The lowest BCUT2D eigenvalue weighted by Gasteiger charge is -2.36. The van der Waals surface area contributed by atoms with Crippen molar-refractivity contribution in [2.45, 2.75) is 45.6 Å².